The summed E-state index contributed by atoms with van der Waals surface area (Å²) in [6.45, 7) is 0.936. The van der Waals surface area contributed by atoms with Crippen molar-refractivity contribution in [3.05, 3.63) is 89.9 Å². The summed E-state index contributed by atoms with van der Waals surface area (Å²) in [6, 6.07) is 13.8. The van der Waals surface area contributed by atoms with Crippen molar-refractivity contribution in [1.29, 1.82) is 0 Å². The minimum atomic E-state index is -0.389. The Morgan fingerprint density at radius 3 is 2.51 bits per heavy atom. The van der Waals surface area contributed by atoms with Gasteiger partial charge in [0.25, 0.3) is 12.4 Å². The van der Waals surface area contributed by atoms with Gasteiger partial charge >= 0.3 is 5.97 Å². The first-order valence-electron chi connectivity index (χ1n) is 11.0. The van der Waals surface area contributed by atoms with Gasteiger partial charge in [-0.1, -0.05) is 30.3 Å². The number of fused-ring (bicyclic) bond motifs is 1. The molecule has 180 valence electrons. The number of hydrogen-bond donors (Lipinski definition) is 2. The highest BCUT2D eigenvalue weighted by atomic mass is 16.5. The van der Waals surface area contributed by atoms with E-state index in [9.17, 15) is 9.59 Å². The number of ether oxygens (including phenoxy) is 1. The molecule has 4 heterocycles. The summed E-state index contributed by atoms with van der Waals surface area (Å²) in [5, 5.41) is 6.89. The number of piperidine rings is 1. The molecule has 0 saturated carbocycles. The summed E-state index contributed by atoms with van der Waals surface area (Å²) in [5.41, 5.74) is 2.91. The van der Waals surface area contributed by atoms with Gasteiger partial charge < -0.3 is 24.1 Å². The minimum Gasteiger partial charge on any atom is -0.483 e. The second-order valence-electron chi connectivity index (χ2n) is 8.08. The van der Waals surface area contributed by atoms with Crippen molar-refractivity contribution in [2.45, 2.75) is 18.3 Å². The fourth-order valence-electron chi connectivity index (χ4n) is 4.53. The molecule has 1 fully saturated rings. The van der Waals surface area contributed by atoms with E-state index in [1.54, 1.807) is 24.5 Å². The first-order chi connectivity index (χ1) is 17.0. The van der Waals surface area contributed by atoms with Gasteiger partial charge in [0, 0.05) is 43.3 Å². The number of nitrogens with zero attached hydrogens (tertiary/aromatic N) is 4. The van der Waals surface area contributed by atoms with Gasteiger partial charge in [-0.25, -0.2) is 14.8 Å². The lowest BCUT2D eigenvalue weighted by Crippen LogP contribution is -2.46. The molecule has 0 unspecified atom stereocenters. The van der Waals surface area contributed by atoms with Gasteiger partial charge in [-0.05, 0) is 30.5 Å². The SMILES string of the molecule is COC(=O)c1ccn2cc(C3(c4ccccc4)CCN(C(=O)c4ncc[nH]4)CC3)nc2c1.O=CO. The van der Waals surface area contributed by atoms with Gasteiger partial charge in [-0.15, -0.1) is 0 Å². The minimum absolute atomic E-state index is 0.0885. The molecule has 0 bridgehead atoms. The zero-order chi connectivity index (χ0) is 24.8. The predicted molar refractivity (Wildman–Crippen MR) is 126 cm³/mol. The maximum Gasteiger partial charge on any atom is 0.338 e. The van der Waals surface area contributed by atoms with Crippen LogP contribution in [0.4, 0.5) is 0 Å². The molecule has 0 radical (unpaired) electrons. The zero-order valence-electron chi connectivity index (χ0n) is 19.1. The van der Waals surface area contributed by atoms with Crippen LogP contribution < -0.4 is 0 Å². The molecule has 1 aliphatic rings. The number of amides is 1. The molecule has 1 amide bonds. The number of carbonyl (C=O) groups is 3. The van der Waals surface area contributed by atoms with E-state index in [0.29, 0.717) is 30.1 Å². The van der Waals surface area contributed by atoms with Crippen molar-refractivity contribution >= 4 is 24.0 Å². The normalized spacial score (nSPS) is 14.6. The van der Waals surface area contributed by atoms with Crippen molar-refractivity contribution < 1.29 is 24.2 Å². The average Bonchev–Trinajstić information content (AvgIpc) is 3.59. The van der Waals surface area contributed by atoms with Crippen LogP contribution in [0.15, 0.2) is 67.3 Å². The van der Waals surface area contributed by atoms with Crippen LogP contribution in [-0.4, -0.2) is 67.9 Å². The van der Waals surface area contributed by atoms with Crippen LogP contribution in [0.5, 0.6) is 0 Å². The molecule has 5 rings (SSSR count). The number of aromatic amines is 1. The van der Waals surface area contributed by atoms with Crippen molar-refractivity contribution in [2.75, 3.05) is 20.2 Å². The van der Waals surface area contributed by atoms with Crippen molar-refractivity contribution in [3.63, 3.8) is 0 Å². The summed E-state index contributed by atoms with van der Waals surface area (Å²) in [6.07, 6.45) is 8.56. The Bertz CT molecular complexity index is 1310. The third kappa shape index (κ3) is 4.63. The number of aromatic nitrogens is 4. The lowest BCUT2D eigenvalue weighted by Gasteiger charge is -2.41. The second kappa shape index (κ2) is 10.2. The third-order valence-corrected chi connectivity index (χ3v) is 6.30. The quantitative estimate of drug-likeness (QED) is 0.343. The Morgan fingerprint density at radius 1 is 1.17 bits per heavy atom. The smallest absolute Gasteiger partial charge is 0.338 e. The van der Waals surface area contributed by atoms with E-state index in [-0.39, 0.29) is 23.8 Å². The number of hydrogen-bond acceptors (Lipinski definition) is 6. The maximum absolute atomic E-state index is 12.8. The topological polar surface area (TPSA) is 130 Å². The Morgan fingerprint density at radius 2 is 1.89 bits per heavy atom. The van der Waals surface area contributed by atoms with Crippen LogP contribution in [0.3, 0.4) is 0 Å². The number of likely N-dealkylation sites (tertiary alicyclic amines) is 1. The van der Waals surface area contributed by atoms with Crippen molar-refractivity contribution in [2.24, 2.45) is 0 Å². The molecule has 4 aromatic rings. The Hall–Kier alpha value is -4.47. The number of rotatable bonds is 4. The lowest BCUT2D eigenvalue weighted by molar-refractivity contribution is -0.122. The van der Waals surface area contributed by atoms with Crippen LogP contribution >= 0.6 is 0 Å². The maximum atomic E-state index is 12.8. The largest absolute Gasteiger partial charge is 0.483 e. The van der Waals surface area contributed by atoms with Gasteiger partial charge in [-0.2, -0.15) is 0 Å². The standard InChI is InChI=1S/C24H23N5O3.CH2O2/c1-32-23(31)17-7-12-29-16-19(27-20(29)15-17)24(18-5-3-2-4-6-18)8-13-28(14-9-24)22(30)21-25-10-11-26-21;2-1-3/h2-7,10-12,15-16H,8-9,13-14H2,1H3,(H,25,26);1H,(H,2,3). The van der Waals surface area contributed by atoms with E-state index in [4.69, 9.17) is 19.6 Å². The summed E-state index contributed by atoms with van der Waals surface area (Å²) < 4.78 is 6.76. The van der Waals surface area contributed by atoms with Gasteiger partial charge in [0.05, 0.1) is 18.4 Å². The predicted octanol–water partition coefficient (Wildman–Crippen LogP) is 2.77. The highest BCUT2D eigenvalue weighted by Gasteiger charge is 2.41. The molecule has 1 aromatic carbocycles. The molecule has 35 heavy (non-hydrogen) atoms. The monoisotopic (exact) mass is 475 g/mol. The third-order valence-electron chi connectivity index (χ3n) is 6.30. The Kier molecular flexibility index (Phi) is 6.91. The number of imidazole rings is 2. The molecule has 0 atom stereocenters. The molecule has 0 spiro atoms. The van der Waals surface area contributed by atoms with Crippen molar-refractivity contribution in [1.82, 2.24) is 24.3 Å². The summed E-state index contributed by atoms with van der Waals surface area (Å²) in [5.74, 6) is -0.116. The molecule has 2 N–H and O–H groups in total. The molecule has 10 heteroatoms. The molecule has 3 aromatic heterocycles. The number of benzene rings is 1. The number of nitrogens with one attached hydrogen (secondary N) is 1. The molecular formula is C25H25N5O5. The fourth-order valence-corrected chi connectivity index (χ4v) is 4.53. The van der Waals surface area contributed by atoms with Crippen LogP contribution in [0, 0.1) is 0 Å². The number of carboxylic acid groups (broad SMARTS) is 1. The Labute approximate surface area is 201 Å². The average molecular weight is 476 g/mol. The lowest BCUT2D eigenvalue weighted by atomic mass is 9.70. The summed E-state index contributed by atoms with van der Waals surface area (Å²) >= 11 is 0. The van der Waals surface area contributed by atoms with E-state index in [2.05, 4.69) is 22.1 Å². The molecule has 1 aliphatic heterocycles. The van der Waals surface area contributed by atoms with E-state index in [1.165, 1.54) is 12.7 Å². The molecular weight excluding hydrogens is 450 g/mol. The fraction of sp³-hybridized carbons (Fsp3) is 0.240. The van der Waals surface area contributed by atoms with E-state index < -0.39 is 0 Å². The van der Waals surface area contributed by atoms with Gasteiger partial charge in [0.15, 0.2) is 5.82 Å². The number of methoxy groups -OCH3 is 1. The van der Waals surface area contributed by atoms with Crippen molar-refractivity contribution in [3.8, 4) is 0 Å². The number of carbonyl (C=O) groups excluding carboxylic acids is 2. The number of H-pyrrole nitrogens is 1. The highest BCUT2D eigenvalue weighted by Crippen LogP contribution is 2.41. The van der Waals surface area contributed by atoms with E-state index >= 15 is 0 Å². The first-order valence-corrected chi connectivity index (χ1v) is 11.0. The van der Waals surface area contributed by atoms with Gasteiger partial charge in [0.2, 0.25) is 0 Å². The van der Waals surface area contributed by atoms with Gasteiger partial charge in [0.1, 0.15) is 5.65 Å². The van der Waals surface area contributed by atoms with Crippen LogP contribution in [0.25, 0.3) is 5.65 Å². The zero-order valence-corrected chi connectivity index (χ0v) is 19.1. The highest BCUT2D eigenvalue weighted by molar-refractivity contribution is 5.91. The molecule has 10 nitrogen and oxygen atoms in total. The van der Waals surface area contributed by atoms with E-state index in [0.717, 1.165) is 18.5 Å². The van der Waals surface area contributed by atoms with Crippen LogP contribution in [0.1, 0.15) is 45.1 Å². The van der Waals surface area contributed by atoms with Crippen LogP contribution in [0.2, 0.25) is 0 Å². The summed E-state index contributed by atoms with van der Waals surface area (Å²) in [4.78, 5) is 46.8. The first kappa shape index (κ1) is 23.7. The number of pyridine rings is 1. The summed E-state index contributed by atoms with van der Waals surface area (Å²) in [7, 11) is 1.37. The van der Waals surface area contributed by atoms with Crippen LogP contribution in [-0.2, 0) is 14.9 Å². The van der Waals surface area contributed by atoms with Gasteiger partial charge in [-0.3, -0.25) is 9.59 Å². The Balaban J connectivity index is 0.000000917. The second-order valence-corrected chi connectivity index (χ2v) is 8.08. The molecule has 1 saturated heterocycles. The van der Waals surface area contributed by atoms with E-state index in [1.807, 2.05) is 39.9 Å². The molecule has 0 aliphatic carbocycles. The number of esters is 1.